The third-order valence-corrected chi connectivity index (χ3v) is 5.22. The average Bonchev–Trinajstić information content (AvgIpc) is 2.69. The van der Waals surface area contributed by atoms with Crippen LogP contribution in [0.3, 0.4) is 0 Å². The number of hydrogen-bond acceptors (Lipinski definition) is 4. The van der Waals surface area contributed by atoms with Crippen LogP contribution < -0.4 is 20.1 Å². The van der Waals surface area contributed by atoms with E-state index < -0.39 is 0 Å². The molecule has 1 atom stereocenters. The summed E-state index contributed by atoms with van der Waals surface area (Å²) in [6.07, 6.45) is 1.85. The first-order valence-electron chi connectivity index (χ1n) is 8.11. The van der Waals surface area contributed by atoms with Crippen LogP contribution in [-0.2, 0) is 0 Å². The number of ether oxygens (including phenoxy) is 2. The SMILES string of the molecule is COc1cc(OC)c(O)c(Pc2ccccc2/C=N/c2ccccc2)c1. The van der Waals surface area contributed by atoms with Crippen molar-refractivity contribution in [3.05, 3.63) is 72.3 Å². The van der Waals surface area contributed by atoms with Crippen LogP contribution in [0.2, 0.25) is 0 Å². The topological polar surface area (TPSA) is 51.0 Å². The molecule has 0 bridgehead atoms. The third kappa shape index (κ3) is 4.22. The first-order chi connectivity index (χ1) is 12.7. The summed E-state index contributed by atoms with van der Waals surface area (Å²) in [6.45, 7) is 0. The highest BCUT2D eigenvalue weighted by molar-refractivity contribution is 7.56. The largest absolute Gasteiger partial charge is 0.504 e. The first-order valence-corrected chi connectivity index (χ1v) is 9.11. The Kier molecular flexibility index (Phi) is 5.88. The molecule has 0 aliphatic heterocycles. The molecule has 3 rings (SSSR count). The maximum absolute atomic E-state index is 10.5. The second-order valence-corrected chi connectivity index (χ2v) is 6.86. The number of phenols is 1. The van der Waals surface area contributed by atoms with Crippen LogP contribution in [0.25, 0.3) is 0 Å². The maximum Gasteiger partial charge on any atom is 0.165 e. The highest BCUT2D eigenvalue weighted by Crippen LogP contribution is 2.33. The zero-order valence-electron chi connectivity index (χ0n) is 14.6. The lowest BCUT2D eigenvalue weighted by Crippen LogP contribution is -2.10. The second-order valence-electron chi connectivity index (χ2n) is 5.53. The van der Waals surface area contributed by atoms with Crippen molar-refractivity contribution in [1.29, 1.82) is 0 Å². The molecule has 3 aromatic carbocycles. The fourth-order valence-electron chi connectivity index (χ4n) is 2.48. The van der Waals surface area contributed by atoms with Crippen molar-refractivity contribution in [2.24, 2.45) is 4.99 Å². The van der Waals surface area contributed by atoms with Crippen molar-refractivity contribution >= 4 is 31.1 Å². The molecule has 0 amide bonds. The summed E-state index contributed by atoms with van der Waals surface area (Å²) in [5.41, 5.74) is 1.91. The van der Waals surface area contributed by atoms with E-state index in [1.165, 1.54) is 7.11 Å². The smallest absolute Gasteiger partial charge is 0.165 e. The van der Waals surface area contributed by atoms with Gasteiger partial charge in [-0.3, -0.25) is 4.99 Å². The van der Waals surface area contributed by atoms with Crippen molar-refractivity contribution in [2.45, 2.75) is 0 Å². The van der Waals surface area contributed by atoms with Crippen LogP contribution in [0.5, 0.6) is 17.2 Å². The predicted octanol–water partition coefficient (Wildman–Crippen LogP) is 3.79. The van der Waals surface area contributed by atoms with Gasteiger partial charge in [-0.15, -0.1) is 0 Å². The summed E-state index contributed by atoms with van der Waals surface area (Å²) in [6, 6.07) is 21.3. The van der Waals surface area contributed by atoms with Gasteiger partial charge in [-0.1, -0.05) is 51.0 Å². The summed E-state index contributed by atoms with van der Waals surface area (Å²) in [7, 11) is 3.37. The van der Waals surface area contributed by atoms with E-state index in [0.29, 0.717) is 11.5 Å². The van der Waals surface area contributed by atoms with Gasteiger partial charge in [-0.25, -0.2) is 0 Å². The molecule has 4 nitrogen and oxygen atoms in total. The van der Waals surface area contributed by atoms with Crippen LogP contribution in [0.1, 0.15) is 5.56 Å². The highest BCUT2D eigenvalue weighted by atomic mass is 31.1. The molecule has 0 fully saturated rings. The van der Waals surface area contributed by atoms with E-state index in [4.69, 9.17) is 9.47 Å². The molecule has 5 heteroatoms. The fraction of sp³-hybridized carbons (Fsp3) is 0.0952. The van der Waals surface area contributed by atoms with Crippen molar-refractivity contribution in [3.63, 3.8) is 0 Å². The molecule has 0 aliphatic carbocycles. The second kappa shape index (κ2) is 8.50. The van der Waals surface area contributed by atoms with Gasteiger partial charge >= 0.3 is 0 Å². The molecule has 1 N–H and O–H groups in total. The van der Waals surface area contributed by atoms with Gasteiger partial charge in [0, 0.05) is 23.1 Å². The maximum atomic E-state index is 10.5. The minimum atomic E-state index is 0.140. The Morgan fingerprint density at radius 1 is 0.885 bits per heavy atom. The molecule has 1 unspecified atom stereocenters. The van der Waals surface area contributed by atoms with Gasteiger partial charge in [0.2, 0.25) is 0 Å². The monoisotopic (exact) mass is 365 g/mol. The van der Waals surface area contributed by atoms with Crippen molar-refractivity contribution < 1.29 is 14.6 Å². The van der Waals surface area contributed by atoms with E-state index in [1.807, 2.05) is 66.9 Å². The van der Waals surface area contributed by atoms with Crippen molar-refractivity contribution in [2.75, 3.05) is 14.2 Å². The number of phenolic OH excluding ortho intramolecular Hbond substituents is 1. The van der Waals surface area contributed by atoms with Gasteiger partial charge in [-0.2, -0.15) is 0 Å². The fourth-order valence-corrected chi connectivity index (χ4v) is 3.70. The summed E-state index contributed by atoms with van der Waals surface area (Å²) in [5.74, 6) is 1.20. The number of nitrogens with zero attached hydrogens (tertiary/aromatic N) is 1. The molecular formula is C21H20NO3P. The Balaban J connectivity index is 1.93. The van der Waals surface area contributed by atoms with Gasteiger partial charge in [0.25, 0.3) is 0 Å². The third-order valence-electron chi connectivity index (χ3n) is 3.84. The minimum Gasteiger partial charge on any atom is -0.504 e. The summed E-state index contributed by atoms with van der Waals surface area (Å²) >= 11 is 0. The number of methoxy groups -OCH3 is 2. The lowest BCUT2D eigenvalue weighted by Gasteiger charge is -2.13. The molecule has 0 radical (unpaired) electrons. The number of aromatic hydroxyl groups is 1. The van der Waals surface area contributed by atoms with E-state index in [0.717, 1.165) is 21.9 Å². The van der Waals surface area contributed by atoms with E-state index in [9.17, 15) is 5.11 Å². The summed E-state index contributed by atoms with van der Waals surface area (Å²) in [4.78, 5) is 4.54. The average molecular weight is 365 g/mol. The molecule has 26 heavy (non-hydrogen) atoms. The van der Waals surface area contributed by atoms with E-state index in [-0.39, 0.29) is 14.3 Å². The molecule has 132 valence electrons. The molecule has 0 saturated carbocycles. The standard InChI is InChI=1S/C21H20NO3P/c1-24-17-12-18(25-2)21(23)20(13-17)26-19-11-7-6-8-15(19)14-22-16-9-4-3-5-10-16/h3-14,23,26H,1-2H3/b22-14+. The molecule has 0 aromatic heterocycles. The zero-order chi connectivity index (χ0) is 18.4. The Hall–Kier alpha value is -2.84. The Morgan fingerprint density at radius 3 is 2.35 bits per heavy atom. The van der Waals surface area contributed by atoms with E-state index >= 15 is 0 Å². The first kappa shape index (κ1) is 18.0. The van der Waals surface area contributed by atoms with Gasteiger partial charge < -0.3 is 14.6 Å². The minimum absolute atomic E-state index is 0.140. The number of para-hydroxylation sites is 1. The molecule has 0 saturated heterocycles. The van der Waals surface area contributed by atoms with Crippen LogP contribution in [0.4, 0.5) is 5.69 Å². The lowest BCUT2D eigenvalue weighted by atomic mass is 10.2. The van der Waals surface area contributed by atoms with Crippen LogP contribution in [0, 0.1) is 0 Å². The number of aliphatic imine (C=N–C) groups is 1. The van der Waals surface area contributed by atoms with E-state index in [1.54, 1.807) is 13.2 Å². The molecule has 3 aromatic rings. The van der Waals surface area contributed by atoms with Crippen LogP contribution in [0.15, 0.2) is 71.7 Å². The van der Waals surface area contributed by atoms with Gasteiger partial charge in [0.1, 0.15) is 5.75 Å². The molecule has 0 aliphatic rings. The number of hydrogen-bond donors (Lipinski definition) is 1. The van der Waals surface area contributed by atoms with Crippen molar-refractivity contribution in [3.8, 4) is 17.2 Å². The zero-order valence-corrected chi connectivity index (χ0v) is 15.6. The van der Waals surface area contributed by atoms with Gasteiger partial charge in [0.15, 0.2) is 11.5 Å². The van der Waals surface area contributed by atoms with Gasteiger partial charge in [-0.05, 0) is 23.5 Å². The highest BCUT2D eigenvalue weighted by Gasteiger charge is 2.13. The molecular weight excluding hydrogens is 345 g/mol. The Bertz CT molecular complexity index is 910. The number of rotatable bonds is 6. The summed E-state index contributed by atoms with van der Waals surface area (Å²) < 4.78 is 10.6. The molecule has 0 spiro atoms. The molecule has 0 heterocycles. The van der Waals surface area contributed by atoms with E-state index in [2.05, 4.69) is 4.99 Å². The summed E-state index contributed by atoms with van der Waals surface area (Å²) in [5, 5.41) is 12.3. The Morgan fingerprint density at radius 2 is 1.62 bits per heavy atom. The Labute approximate surface area is 154 Å². The predicted molar refractivity (Wildman–Crippen MR) is 109 cm³/mol. The lowest BCUT2D eigenvalue weighted by molar-refractivity contribution is 0.366. The van der Waals surface area contributed by atoms with Crippen molar-refractivity contribution in [1.82, 2.24) is 0 Å². The normalized spacial score (nSPS) is 11.3. The quantitative estimate of drug-likeness (QED) is 0.534. The number of benzene rings is 3. The van der Waals surface area contributed by atoms with Crippen LogP contribution in [-0.4, -0.2) is 25.5 Å². The van der Waals surface area contributed by atoms with Crippen LogP contribution >= 0.6 is 8.58 Å². The van der Waals surface area contributed by atoms with Gasteiger partial charge in [0.05, 0.1) is 19.9 Å².